The Labute approximate surface area is 215 Å². The normalized spacial score (nSPS) is 26.5. The maximum absolute atomic E-state index is 13.0. The van der Waals surface area contributed by atoms with Gasteiger partial charge < -0.3 is 15.2 Å². The van der Waals surface area contributed by atoms with Crippen molar-refractivity contribution in [2.24, 2.45) is 0 Å². The number of ether oxygens (including phenoxy) is 1. The minimum atomic E-state index is -4.44. The molecule has 1 aliphatic carbocycles. The molecule has 198 valence electrons. The van der Waals surface area contributed by atoms with E-state index in [-0.39, 0.29) is 17.7 Å². The second kappa shape index (κ2) is 10.7. The molecule has 1 aliphatic heterocycles. The number of methoxy groups -OCH3 is 1. The lowest BCUT2D eigenvalue weighted by atomic mass is 9.55. The quantitative estimate of drug-likeness (QED) is 0.389. The van der Waals surface area contributed by atoms with Crippen LogP contribution in [-0.2, 0) is 21.1 Å². The van der Waals surface area contributed by atoms with Gasteiger partial charge in [-0.3, -0.25) is 9.69 Å². The van der Waals surface area contributed by atoms with E-state index in [2.05, 4.69) is 16.8 Å². The van der Waals surface area contributed by atoms with Crippen molar-refractivity contribution < 1.29 is 27.8 Å². The summed E-state index contributed by atoms with van der Waals surface area (Å²) in [6.45, 7) is 6.15. The Morgan fingerprint density at radius 2 is 2.03 bits per heavy atom. The first kappa shape index (κ1) is 26.9. The number of benzene rings is 2. The second-order valence-corrected chi connectivity index (χ2v) is 10.0. The molecule has 0 bridgehead atoms. The molecule has 3 atom stereocenters. The lowest BCUT2D eigenvalue weighted by Crippen LogP contribution is -2.67. The van der Waals surface area contributed by atoms with Gasteiger partial charge in [-0.15, -0.1) is 6.58 Å². The number of carbonyl (C=O) groups is 1. The van der Waals surface area contributed by atoms with E-state index in [1.807, 2.05) is 18.2 Å². The van der Waals surface area contributed by atoms with E-state index in [1.165, 1.54) is 24.3 Å². The first-order chi connectivity index (χ1) is 17.6. The predicted molar refractivity (Wildman–Crippen MR) is 137 cm³/mol. The zero-order valence-corrected chi connectivity index (χ0v) is 20.9. The van der Waals surface area contributed by atoms with Gasteiger partial charge in [0, 0.05) is 37.7 Å². The summed E-state index contributed by atoms with van der Waals surface area (Å²) in [5, 5.41) is 13.3. The molecule has 0 spiro atoms. The van der Waals surface area contributed by atoms with E-state index >= 15 is 0 Å². The minimum absolute atomic E-state index is 0.157. The fraction of sp³-hybridized carbons (Fsp3) is 0.414. The number of nitrogens with zero attached hydrogens (tertiary/aromatic N) is 1. The van der Waals surface area contributed by atoms with Crippen molar-refractivity contribution in [1.82, 2.24) is 10.2 Å². The molecular weight excluding hydrogens is 481 g/mol. The number of aromatic hydroxyl groups is 1. The Balaban J connectivity index is 1.56. The summed E-state index contributed by atoms with van der Waals surface area (Å²) in [5.41, 5.74) is -0.408. The molecule has 2 aromatic rings. The molecule has 4 rings (SSSR count). The summed E-state index contributed by atoms with van der Waals surface area (Å²) >= 11 is 0. The Morgan fingerprint density at radius 3 is 2.73 bits per heavy atom. The average Bonchev–Trinajstić information content (AvgIpc) is 2.87. The Morgan fingerprint density at radius 1 is 1.24 bits per heavy atom. The van der Waals surface area contributed by atoms with Gasteiger partial charge in [0.15, 0.2) is 0 Å². The molecule has 0 aromatic heterocycles. The number of piperidine rings is 1. The highest BCUT2D eigenvalue weighted by molar-refractivity contribution is 5.92. The smallest absolute Gasteiger partial charge is 0.416 e. The molecule has 0 radical (unpaired) electrons. The van der Waals surface area contributed by atoms with Gasteiger partial charge >= 0.3 is 6.18 Å². The fourth-order valence-corrected chi connectivity index (χ4v) is 6.10. The Hall–Kier alpha value is -3.10. The number of fused-ring (bicyclic) bond motifs is 1. The summed E-state index contributed by atoms with van der Waals surface area (Å²) < 4.78 is 45.3. The van der Waals surface area contributed by atoms with Crippen LogP contribution in [0.2, 0.25) is 0 Å². The molecule has 5 nitrogen and oxygen atoms in total. The van der Waals surface area contributed by atoms with E-state index in [0.29, 0.717) is 31.4 Å². The number of alkyl halides is 3. The molecule has 2 fully saturated rings. The van der Waals surface area contributed by atoms with Crippen LogP contribution in [0.4, 0.5) is 13.2 Å². The van der Waals surface area contributed by atoms with E-state index in [9.17, 15) is 23.1 Å². The number of rotatable bonds is 7. The van der Waals surface area contributed by atoms with Crippen molar-refractivity contribution in [3.05, 3.63) is 84.0 Å². The van der Waals surface area contributed by atoms with Gasteiger partial charge in [0.05, 0.1) is 11.2 Å². The van der Waals surface area contributed by atoms with Crippen LogP contribution in [0.15, 0.2) is 67.3 Å². The van der Waals surface area contributed by atoms with Gasteiger partial charge in [0.25, 0.3) is 0 Å². The number of phenols is 1. The number of hydrogen-bond acceptors (Lipinski definition) is 4. The van der Waals surface area contributed by atoms with Gasteiger partial charge in [-0.05, 0) is 73.7 Å². The van der Waals surface area contributed by atoms with Crippen molar-refractivity contribution in [3.8, 4) is 5.75 Å². The van der Waals surface area contributed by atoms with Gasteiger partial charge in [-0.1, -0.05) is 30.3 Å². The third kappa shape index (κ3) is 5.60. The molecule has 2 aromatic carbocycles. The van der Waals surface area contributed by atoms with Crippen molar-refractivity contribution in [2.75, 3.05) is 26.7 Å². The zero-order chi connectivity index (χ0) is 26.7. The molecule has 3 unspecified atom stereocenters. The number of amides is 1. The average molecular weight is 515 g/mol. The minimum Gasteiger partial charge on any atom is -0.508 e. The molecule has 1 amide bonds. The van der Waals surface area contributed by atoms with Crippen molar-refractivity contribution in [3.63, 3.8) is 0 Å². The third-order valence-electron chi connectivity index (χ3n) is 7.86. The topological polar surface area (TPSA) is 61.8 Å². The summed E-state index contributed by atoms with van der Waals surface area (Å²) in [6, 6.07) is 12.0. The van der Waals surface area contributed by atoms with Crippen molar-refractivity contribution >= 4 is 12.0 Å². The first-order valence-electron chi connectivity index (χ1n) is 12.4. The second-order valence-electron chi connectivity index (χ2n) is 10.0. The van der Waals surface area contributed by atoms with E-state index in [1.54, 1.807) is 19.2 Å². The summed E-state index contributed by atoms with van der Waals surface area (Å²) in [7, 11) is 1.73. The highest BCUT2D eigenvalue weighted by atomic mass is 19.4. The summed E-state index contributed by atoms with van der Waals surface area (Å²) in [5.74, 6) is -0.178. The number of carbonyl (C=O) groups excluding carboxylic acids is 1. The van der Waals surface area contributed by atoms with Crippen LogP contribution in [0.25, 0.3) is 6.08 Å². The van der Waals surface area contributed by atoms with Gasteiger partial charge in [0.2, 0.25) is 5.91 Å². The molecule has 2 aliphatic rings. The summed E-state index contributed by atoms with van der Waals surface area (Å²) in [6.07, 6.45) is 2.91. The van der Waals surface area contributed by atoms with Crippen LogP contribution >= 0.6 is 0 Å². The summed E-state index contributed by atoms with van der Waals surface area (Å²) in [4.78, 5) is 15.1. The SMILES string of the molecule is C=CCN1CCC2(c3cccc(O)c3)CC(NC(=O)/C=C/c3cccc(C(F)(F)F)c3)CCC2(OC)C1. The lowest BCUT2D eigenvalue weighted by Gasteiger charge is -2.59. The van der Waals surface area contributed by atoms with E-state index in [0.717, 1.165) is 37.2 Å². The van der Waals surface area contributed by atoms with Crippen LogP contribution in [-0.4, -0.2) is 54.3 Å². The maximum Gasteiger partial charge on any atom is 0.416 e. The standard InChI is InChI=1S/C29H33F3N2O3/c1-3-15-34-16-14-27(22-7-5-9-25(35)18-22)19-24(12-13-28(27,20-34)37-2)33-26(36)11-10-21-6-4-8-23(17-21)29(30,31)32/h3-11,17-18,24,35H,1,12-16,19-20H2,2H3,(H,33,36)/b11-10+. The number of hydrogen-bond donors (Lipinski definition) is 2. The van der Waals surface area contributed by atoms with Crippen LogP contribution < -0.4 is 5.32 Å². The largest absolute Gasteiger partial charge is 0.508 e. The van der Waals surface area contributed by atoms with Crippen LogP contribution in [0.1, 0.15) is 42.4 Å². The van der Waals surface area contributed by atoms with Crippen molar-refractivity contribution in [2.45, 2.75) is 48.9 Å². The van der Waals surface area contributed by atoms with Crippen molar-refractivity contribution in [1.29, 1.82) is 0 Å². The third-order valence-corrected chi connectivity index (χ3v) is 7.86. The maximum atomic E-state index is 13.0. The number of phenolic OH excluding ortho intramolecular Hbond substituents is 1. The fourth-order valence-electron chi connectivity index (χ4n) is 6.10. The highest BCUT2D eigenvalue weighted by Crippen LogP contribution is 2.53. The molecular formula is C29H33F3N2O3. The van der Waals surface area contributed by atoms with E-state index in [4.69, 9.17) is 4.74 Å². The van der Waals surface area contributed by atoms with Crippen LogP contribution in [0.3, 0.4) is 0 Å². The molecule has 2 N–H and O–H groups in total. The van der Waals surface area contributed by atoms with E-state index < -0.39 is 22.8 Å². The van der Waals surface area contributed by atoms with Gasteiger partial charge in [-0.2, -0.15) is 13.2 Å². The molecule has 1 saturated heterocycles. The first-order valence-corrected chi connectivity index (χ1v) is 12.4. The monoisotopic (exact) mass is 514 g/mol. The number of halogens is 3. The number of likely N-dealkylation sites (tertiary alicyclic amines) is 1. The molecule has 8 heteroatoms. The number of nitrogens with one attached hydrogen (secondary N) is 1. The van der Waals surface area contributed by atoms with Gasteiger partial charge in [-0.25, -0.2) is 0 Å². The van der Waals surface area contributed by atoms with Gasteiger partial charge in [0.1, 0.15) is 5.75 Å². The predicted octanol–water partition coefficient (Wildman–Crippen LogP) is 5.31. The molecule has 1 saturated carbocycles. The van der Waals surface area contributed by atoms with Crippen LogP contribution in [0.5, 0.6) is 5.75 Å². The Bertz CT molecular complexity index is 1170. The lowest BCUT2D eigenvalue weighted by molar-refractivity contribution is -0.148. The zero-order valence-electron chi connectivity index (χ0n) is 20.9. The van der Waals surface area contributed by atoms with Crippen LogP contribution in [0, 0.1) is 0 Å². The molecule has 37 heavy (non-hydrogen) atoms. The molecule has 1 heterocycles. The highest BCUT2D eigenvalue weighted by Gasteiger charge is 2.58. The Kier molecular flexibility index (Phi) is 7.80.